The van der Waals surface area contributed by atoms with Crippen LogP contribution in [0.15, 0.2) is 66.7 Å². The van der Waals surface area contributed by atoms with Gasteiger partial charge in [-0.1, -0.05) is 23.2 Å². The fraction of sp³-hybridized carbons (Fsp3) is 0.160. The third-order valence-electron chi connectivity index (χ3n) is 5.24. The molecule has 192 valence electrons. The van der Waals surface area contributed by atoms with Crippen LogP contribution in [0.5, 0.6) is 11.5 Å². The van der Waals surface area contributed by atoms with E-state index in [0.717, 1.165) is 5.17 Å². The number of carbonyl (C=O) groups excluding carboxylic acids is 1. The number of amides is 1. The molecule has 0 aliphatic rings. The molecule has 4 aromatic rings. The molecular weight excluding hydrogens is 478 g/mol. The van der Waals surface area contributed by atoms with E-state index >= 15 is 0 Å². The molecule has 1 aromatic heterocycles. The number of para-hydroxylation sites is 2. The predicted molar refractivity (Wildman–Crippen MR) is 141 cm³/mol. The van der Waals surface area contributed by atoms with Crippen LogP contribution in [-0.4, -0.2) is 41.4 Å². The van der Waals surface area contributed by atoms with Gasteiger partial charge in [-0.15, -0.1) is 5.17 Å². The van der Waals surface area contributed by atoms with E-state index in [9.17, 15) is 10.1 Å². The summed E-state index contributed by atoms with van der Waals surface area (Å²) in [4.78, 5) is 25.9. The number of hydrogen-bond donors (Lipinski definition) is 5. The van der Waals surface area contributed by atoms with Crippen molar-refractivity contribution in [3.8, 4) is 11.5 Å². The molecule has 1 amide bonds. The molecule has 0 fully saturated rings. The van der Waals surface area contributed by atoms with Gasteiger partial charge in [-0.2, -0.15) is 0 Å². The Kier molecular flexibility index (Phi) is 7.83. The summed E-state index contributed by atoms with van der Waals surface area (Å²) >= 11 is 0. The second kappa shape index (κ2) is 11.4. The molecule has 0 bridgehead atoms. The molecule has 0 saturated carbocycles. The molecular formula is C25H27N7O5. The molecule has 37 heavy (non-hydrogen) atoms. The van der Waals surface area contributed by atoms with Crippen LogP contribution in [0.4, 0.5) is 28.7 Å². The SMILES string of the molecule is COc1cc(Nc2nc3ccccc3nc2NN(OO)c2cccc(NC(=O)C(C)N)c2)cc(OC)c1. The van der Waals surface area contributed by atoms with Crippen LogP contribution < -0.4 is 36.4 Å². The van der Waals surface area contributed by atoms with Gasteiger partial charge in [0.15, 0.2) is 11.6 Å². The van der Waals surface area contributed by atoms with Crippen molar-refractivity contribution >= 4 is 45.6 Å². The van der Waals surface area contributed by atoms with Gasteiger partial charge in [0.05, 0.1) is 37.0 Å². The first-order valence-electron chi connectivity index (χ1n) is 11.2. The summed E-state index contributed by atoms with van der Waals surface area (Å²) in [6.45, 7) is 1.58. The Bertz CT molecular complexity index is 1380. The first-order valence-corrected chi connectivity index (χ1v) is 11.2. The number of nitrogens with two attached hydrogens (primary N) is 1. The summed E-state index contributed by atoms with van der Waals surface area (Å²) in [6, 6.07) is 18.5. The lowest BCUT2D eigenvalue weighted by Crippen LogP contribution is -2.33. The van der Waals surface area contributed by atoms with E-state index in [0.29, 0.717) is 45.4 Å². The third-order valence-corrected chi connectivity index (χ3v) is 5.24. The van der Waals surface area contributed by atoms with E-state index < -0.39 is 6.04 Å². The van der Waals surface area contributed by atoms with Gasteiger partial charge in [0.25, 0.3) is 0 Å². The largest absolute Gasteiger partial charge is 0.497 e. The highest BCUT2D eigenvalue weighted by molar-refractivity contribution is 5.94. The highest BCUT2D eigenvalue weighted by Crippen LogP contribution is 2.31. The van der Waals surface area contributed by atoms with Gasteiger partial charge in [-0.3, -0.25) is 10.2 Å². The van der Waals surface area contributed by atoms with Gasteiger partial charge in [0, 0.05) is 29.6 Å². The van der Waals surface area contributed by atoms with E-state index in [1.165, 1.54) is 0 Å². The minimum atomic E-state index is -0.691. The lowest BCUT2D eigenvalue weighted by atomic mass is 10.2. The van der Waals surface area contributed by atoms with Crippen molar-refractivity contribution in [3.63, 3.8) is 0 Å². The molecule has 12 nitrogen and oxygen atoms in total. The summed E-state index contributed by atoms with van der Waals surface area (Å²) in [5.41, 5.74) is 11.2. The topological polar surface area (TPSA) is 156 Å². The maximum absolute atomic E-state index is 12.0. The number of methoxy groups -OCH3 is 2. The van der Waals surface area contributed by atoms with E-state index in [2.05, 4.69) is 31.0 Å². The maximum Gasteiger partial charge on any atom is 0.240 e. The van der Waals surface area contributed by atoms with Gasteiger partial charge < -0.3 is 25.8 Å². The fourth-order valence-electron chi connectivity index (χ4n) is 3.38. The highest BCUT2D eigenvalue weighted by Gasteiger charge is 2.17. The number of anilines is 5. The van der Waals surface area contributed by atoms with Crippen molar-refractivity contribution < 1.29 is 24.5 Å². The Balaban J connectivity index is 1.69. The minimum Gasteiger partial charge on any atom is -0.497 e. The molecule has 0 aliphatic carbocycles. The molecule has 4 rings (SSSR count). The van der Waals surface area contributed by atoms with Crippen LogP contribution in [0.1, 0.15) is 6.92 Å². The molecule has 0 saturated heterocycles. The number of rotatable bonds is 10. The molecule has 1 heterocycles. The standard InChI is InChI=1S/C25H27N7O5/c1-15(26)25(33)28-16-7-6-8-18(11-16)32(37-34)31-24-23(29-21-9-4-5-10-22(21)30-24)27-17-12-19(35-2)14-20(13-17)36-3/h4-15,34H,26H2,1-3H3,(H,27,29)(H,28,33)(H,30,31). The number of carbonyl (C=O) groups is 1. The number of benzene rings is 3. The first-order chi connectivity index (χ1) is 17.9. The number of nitrogens with zero attached hydrogens (tertiary/aromatic N) is 3. The lowest BCUT2D eigenvalue weighted by molar-refractivity contribution is -0.249. The summed E-state index contributed by atoms with van der Waals surface area (Å²) < 4.78 is 10.7. The summed E-state index contributed by atoms with van der Waals surface area (Å²) in [5, 5.41) is 16.6. The number of nitrogens with one attached hydrogen (secondary N) is 3. The second-order valence-electron chi connectivity index (χ2n) is 7.95. The third kappa shape index (κ3) is 6.13. The Morgan fingerprint density at radius 3 is 2.16 bits per heavy atom. The van der Waals surface area contributed by atoms with Crippen molar-refractivity contribution in [3.05, 3.63) is 66.7 Å². The van der Waals surface area contributed by atoms with Crippen molar-refractivity contribution in [2.24, 2.45) is 5.73 Å². The van der Waals surface area contributed by atoms with E-state index in [1.807, 2.05) is 18.2 Å². The fourth-order valence-corrected chi connectivity index (χ4v) is 3.38. The smallest absolute Gasteiger partial charge is 0.240 e. The molecule has 0 radical (unpaired) electrons. The van der Waals surface area contributed by atoms with Crippen molar-refractivity contribution in [2.45, 2.75) is 13.0 Å². The second-order valence-corrected chi connectivity index (χ2v) is 7.95. The summed E-state index contributed by atoms with van der Waals surface area (Å²) in [7, 11) is 3.12. The maximum atomic E-state index is 12.0. The molecule has 1 atom stereocenters. The van der Waals surface area contributed by atoms with Crippen LogP contribution in [0.2, 0.25) is 0 Å². The van der Waals surface area contributed by atoms with Gasteiger partial charge >= 0.3 is 0 Å². The predicted octanol–water partition coefficient (Wildman–Crippen LogP) is 3.91. The zero-order chi connectivity index (χ0) is 26.4. The van der Waals surface area contributed by atoms with Crippen molar-refractivity contribution in [1.29, 1.82) is 0 Å². The molecule has 3 aromatic carbocycles. The van der Waals surface area contributed by atoms with Crippen LogP contribution in [-0.2, 0) is 9.78 Å². The van der Waals surface area contributed by atoms with Crippen LogP contribution in [0.3, 0.4) is 0 Å². The molecule has 0 aliphatic heterocycles. The van der Waals surface area contributed by atoms with E-state index in [-0.39, 0.29) is 11.7 Å². The molecule has 12 heteroatoms. The van der Waals surface area contributed by atoms with Crippen LogP contribution in [0, 0.1) is 0 Å². The Hall–Kier alpha value is -4.65. The Morgan fingerprint density at radius 2 is 1.57 bits per heavy atom. The lowest BCUT2D eigenvalue weighted by Gasteiger charge is -2.23. The van der Waals surface area contributed by atoms with Crippen molar-refractivity contribution in [1.82, 2.24) is 9.97 Å². The van der Waals surface area contributed by atoms with Crippen LogP contribution in [0.25, 0.3) is 11.0 Å². The average molecular weight is 506 g/mol. The Morgan fingerprint density at radius 1 is 0.919 bits per heavy atom. The number of aromatic nitrogens is 2. The molecule has 0 spiro atoms. The van der Waals surface area contributed by atoms with Gasteiger partial charge in [-0.05, 0) is 37.3 Å². The highest BCUT2D eigenvalue weighted by atomic mass is 17.2. The van der Waals surface area contributed by atoms with Gasteiger partial charge in [0.1, 0.15) is 11.5 Å². The number of fused-ring (bicyclic) bond motifs is 1. The van der Waals surface area contributed by atoms with E-state index in [1.54, 1.807) is 69.7 Å². The van der Waals surface area contributed by atoms with Gasteiger partial charge in [0.2, 0.25) is 5.91 Å². The molecule has 6 N–H and O–H groups in total. The van der Waals surface area contributed by atoms with E-state index in [4.69, 9.17) is 15.2 Å². The molecule has 1 unspecified atom stereocenters. The number of hydrogen-bond acceptors (Lipinski definition) is 11. The number of hydrazine groups is 1. The van der Waals surface area contributed by atoms with Gasteiger partial charge in [-0.25, -0.2) is 15.2 Å². The zero-order valence-electron chi connectivity index (χ0n) is 20.4. The van der Waals surface area contributed by atoms with Crippen LogP contribution >= 0.6 is 0 Å². The quantitative estimate of drug-likeness (QED) is 0.157. The average Bonchev–Trinajstić information content (AvgIpc) is 2.91. The summed E-state index contributed by atoms with van der Waals surface area (Å²) in [6.07, 6.45) is 0. The van der Waals surface area contributed by atoms with Crippen molar-refractivity contribution in [2.75, 3.05) is 35.5 Å². The monoisotopic (exact) mass is 505 g/mol. The Labute approximate surface area is 212 Å². The number of ether oxygens (including phenoxy) is 2. The normalized spacial score (nSPS) is 11.5. The minimum absolute atomic E-state index is 0.236. The zero-order valence-corrected chi connectivity index (χ0v) is 20.4. The first kappa shape index (κ1) is 25.4. The summed E-state index contributed by atoms with van der Waals surface area (Å²) in [5.74, 6) is 1.37.